The van der Waals surface area contributed by atoms with Gasteiger partial charge in [-0.3, -0.25) is 0 Å². The Bertz CT molecular complexity index is 1600. The summed E-state index contributed by atoms with van der Waals surface area (Å²) < 4.78 is 58.3. The van der Waals surface area contributed by atoms with Crippen molar-refractivity contribution < 1.29 is 37.2 Å². The predicted molar refractivity (Wildman–Crippen MR) is 146 cm³/mol. The predicted octanol–water partition coefficient (Wildman–Crippen LogP) is -0.800. The number of nitrogens with zero attached hydrogens (tertiary/aromatic N) is 4. The highest BCUT2D eigenvalue weighted by atomic mass is 32.2. The molecule has 2 saturated heterocycles. The second-order valence-corrected chi connectivity index (χ2v) is 10.8. The monoisotopic (exact) mass is 591 g/mol. The van der Waals surface area contributed by atoms with E-state index < -0.39 is 40.6 Å². The van der Waals surface area contributed by atoms with Gasteiger partial charge in [0.1, 0.15) is 53.2 Å². The van der Waals surface area contributed by atoms with E-state index in [1.165, 1.54) is 23.2 Å². The SMILES string of the molecule is CCOc1cc(N2CCOCC2)cc(F)c1C#Cc1cn([C@@H]2O[C@H](CNS(N)(=O)=O)[C@@H](O)[C@H]2O)c2ncnc(N)c12. The van der Waals surface area contributed by atoms with Crippen LogP contribution in [-0.2, 0) is 19.7 Å². The standard InChI is InChI=1S/C25H30FN7O7S/c1-2-39-18-10-15(32-5-7-38-8-6-32)9-17(26)16(18)4-3-14-12-33(24-20(14)23(27)29-13-30-24)25-22(35)21(34)19(40-25)11-31-41(28,36)37/h9-10,12-13,19,21-22,25,31,34-35H,2,5-8,11H2,1H3,(H2,27,29,30)(H2,28,36,37)/t19-,21-,22-,25-/m1/s1. The molecule has 0 radical (unpaired) electrons. The van der Waals surface area contributed by atoms with Gasteiger partial charge in [-0.05, 0) is 13.0 Å². The van der Waals surface area contributed by atoms with E-state index in [0.29, 0.717) is 49.5 Å². The van der Waals surface area contributed by atoms with E-state index in [4.69, 9.17) is 25.1 Å². The molecular weight excluding hydrogens is 561 g/mol. The lowest BCUT2D eigenvalue weighted by molar-refractivity contribution is -0.0327. The smallest absolute Gasteiger partial charge is 0.274 e. The molecule has 0 bridgehead atoms. The fourth-order valence-electron chi connectivity index (χ4n) is 4.82. The Labute approximate surface area is 235 Å². The fraction of sp³-hybridized carbons (Fsp3) is 0.440. The lowest BCUT2D eigenvalue weighted by Crippen LogP contribution is -2.42. The molecule has 16 heteroatoms. The summed E-state index contributed by atoms with van der Waals surface area (Å²) in [7, 11) is -4.06. The number of ether oxygens (including phenoxy) is 3. The highest BCUT2D eigenvalue weighted by Crippen LogP contribution is 2.35. The number of nitrogens with two attached hydrogens (primary N) is 2. The van der Waals surface area contributed by atoms with Gasteiger partial charge in [-0.15, -0.1) is 0 Å². The van der Waals surface area contributed by atoms with Crippen LogP contribution >= 0.6 is 0 Å². The number of nitrogen functional groups attached to an aromatic ring is 1. The number of halogens is 1. The van der Waals surface area contributed by atoms with Crippen molar-refractivity contribution in [2.75, 3.05) is 50.1 Å². The molecule has 5 rings (SSSR count). The van der Waals surface area contributed by atoms with Crippen LogP contribution in [0.5, 0.6) is 5.75 Å². The minimum Gasteiger partial charge on any atom is -0.492 e. The van der Waals surface area contributed by atoms with Crippen LogP contribution in [-0.4, -0.2) is 90.9 Å². The minimum atomic E-state index is -4.06. The molecule has 2 aromatic heterocycles. The van der Waals surface area contributed by atoms with Crippen LogP contribution in [0, 0.1) is 17.7 Å². The Morgan fingerprint density at radius 3 is 2.68 bits per heavy atom. The maximum Gasteiger partial charge on any atom is 0.274 e. The number of aromatic nitrogens is 3. The van der Waals surface area contributed by atoms with Crippen LogP contribution in [0.25, 0.3) is 11.0 Å². The number of hydrogen-bond donors (Lipinski definition) is 5. The van der Waals surface area contributed by atoms with Gasteiger partial charge in [0.05, 0.1) is 30.8 Å². The Hall–Kier alpha value is -3.56. The highest BCUT2D eigenvalue weighted by molar-refractivity contribution is 7.87. The topological polar surface area (TPSA) is 200 Å². The quantitative estimate of drug-likeness (QED) is 0.215. The minimum absolute atomic E-state index is 0.0434. The maximum atomic E-state index is 15.4. The molecular formula is C25H30FN7O7S. The number of anilines is 2. The third-order valence-electron chi connectivity index (χ3n) is 6.77. The molecule has 0 aliphatic carbocycles. The van der Waals surface area contributed by atoms with Gasteiger partial charge in [-0.25, -0.2) is 19.5 Å². The first-order valence-electron chi connectivity index (χ1n) is 12.8. The van der Waals surface area contributed by atoms with E-state index in [0.717, 1.165) is 0 Å². The van der Waals surface area contributed by atoms with Crippen molar-refractivity contribution in [3.63, 3.8) is 0 Å². The third-order valence-corrected chi connectivity index (χ3v) is 7.34. The molecule has 4 heterocycles. The van der Waals surface area contributed by atoms with Gasteiger partial charge in [-0.2, -0.15) is 13.1 Å². The molecule has 2 aliphatic rings. The first-order chi connectivity index (χ1) is 19.6. The van der Waals surface area contributed by atoms with E-state index in [1.54, 1.807) is 13.0 Å². The molecule has 2 aliphatic heterocycles. The molecule has 220 valence electrons. The molecule has 1 aromatic carbocycles. The highest BCUT2D eigenvalue weighted by Gasteiger charge is 2.44. The number of aliphatic hydroxyl groups is 2. The first-order valence-corrected chi connectivity index (χ1v) is 14.3. The van der Waals surface area contributed by atoms with Crippen LogP contribution in [0.2, 0.25) is 0 Å². The molecule has 0 amide bonds. The number of fused-ring (bicyclic) bond motifs is 1. The van der Waals surface area contributed by atoms with Crippen LogP contribution in [0.1, 0.15) is 24.3 Å². The van der Waals surface area contributed by atoms with Crippen LogP contribution in [0.15, 0.2) is 24.7 Å². The largest absolute Gasteiger partial charge is 0.492 e. The number of hydrogen-bond acceptors (Lipinski definition) is 11. The molecule has 14 nitrogen and oxygen atoms in total. The van der Waals surface area contributed by atoms with Crippen molar-refractivity contribution in [3.8, 4) is 17.6 Å². The van der Waals surface area contributed by atoms with Gasteiger partial charge in [0, 0.05) is 37.6 Å². The van der Waals surface area contributed by atoms with Crippen LogP contribution in [0.4, 0.5) is 15.9 Å². The normalized spacial score (nSPS) is 23.0. The summed E-state index contributed by atoms with van der Waals surface area (Å²) in [5.74, 6) is 5.54. The Kier molecular flexibility index (Phi) is 8.29. The summed E-state index contributed by atoms with van der Waals surface area (Å²) in [4.78, 5) is 10.3. The third kappa shape index (κ3) is 6.06. The zero-order valence-electron chi connectivity index (χ0n) is 22.0. The molecule has 0 saturated carbocycles. The van der Waals surface area contributed by atoms with Crippen molar-refractivity contribution in [1.82, 2.24) is 19.3 Å². The first kappa shape index (κ1) is 29.0. The van der Waals surface area contributed by atoms with E-state index in [9.17, 15) is 18.6 Å². The van der Waals surface area contributed by atoms with Crippen LogP contribution in [0.3, 0.4) is 0 Å². The van der Waals surface area contributed by atoms with Crippen molar-refractivity contribution >= 4 is 32.7 Å². The summed E-state index contributed by atoms with van der Waals surface area (Å²) in [5.41, 5.74) is 7.37. The van der Waals surface area contributed by atoms with E-state index in [-0.39, 0.29) is 29.3 Å². The van der Waals surface area contributed by atoms with Crippen molar-refractivity contribution in [2.45, 2.75) is 31.5 Å². The van der Waals surface area contributed by atoms with Crippen LogP contribution < -0.4 is 25.2 Å². The summed E-state index contributed by atoms with van der Waals surface area (Å²) in [5, 5.41) is 26.5. The van der Waals surface area contributed by atoms with Gasteiger partial charge in [0.15, 0.2) is 6.23 Å². The lowest BCUT2D eigenvalue weighted by atomic mass is 10.1. The summed E-state index contributed by atoms with van der Waals surface area (Å²) in [6.07, 6.45) is -2.53. The van der Waals surface area contributed by atoms with Crippen molar-refractivity contribution in [3.05, 3.63) is 41.6 Å². The lowest BCUT2D eigenvalue weighted by Gasteiger charge is -2.29. The molecule has 4 atom stereocenters. The van der Waals surface area contributed by atoms with Crippen molar-refractivity contribution in [2.24, 2.45) is 5.14 Å². The van der Waals surface area contributed by atoms with E-state index in [1.807, 2.05) is 9.62 Å². The van der Waals surface area contributed by atoms with Gasteiger partial charge in [0.2, 0.25) is 0 Å². The maximum absolute atomic E-state index is 15.4. The van der Waals surface area contributed by atoms with Crippen molar-refractivity contribution in [1.29, 1.82) is 0 Å². The zero-order valence-corrected chi connectivity index (χ0v) is 22.8. The number of benzene rings is 1. The van der Waals surface area contributed by atoms with E-state index in [2.05, 4.69) is 21.8 Å². The molecule has 7 N–H and O–H groups in total. The van der Waals surface area contributed by atoms with Gasteiger partial charge in [0.25, 0.3) is 10.2 Å². The Morgan fingerprint density at radius 1 is 1.22 bits per heavy atom. The summed E-state index contributed by atoms with van der Waals surface area (Å²) in [6.45, 7) is 4.03. The van der Waals surface area contributed by atoms with Gasteiger partial charge in [-0.1, -0.05) is 11.8 Å². The van der Waals surface area contributed by atoms with Gasteiger partial charge >= 0.3 is 0 Å². The second kappa shape index (κ2) is 11.7. The zero-order chi connectivity index (χ0) is 29.3. The summed E-state index contributed by atoms with van der Waals surface area (Å²) >= 11 is 0. The molecule has 0 spiro atoms. The Balaban J connectivity index is 1.52. The number of morpholine rings is 1. The number of aliphatic hydroxyl groups excluding tert-OH is 2. The molecule has 0 unspecified atom stereocenters. The summed E-state index contributed by atoms with van der Waals surface area (Å²) in [6, 6.07) is 3.14. The number of nitrogens with one attached hydrogen (secondary N) is 1. The average Bonchev–Trinajstić information content (AvgIpc) is 3.44. The fourth-order valence-corrected chi connectivity index (χ4v) is 5.21. The van der Waals surface area contributed by atoms with Gasteiger partial charge < -0.3 is 39.6 Å². The average molecular weight is 592 g/mol. The Morgan fingerprint density at radius 2 is 1.98 bits per heavy atom. The second-order valence-electron chi connectivity index (χ2n) is 9.43. The molecule has 2 fully saturated rings. The van der Waals surface area contributed by atoms with E-state index >= 15 is 4.39 Å². The number of rotatable bonds is 7. The molecule has 41 heavy (non-hydrogen) atoms. The molecule has 3 aromatic rings.